The average molecular weight is 264 g/mol. The highest BCUT2D eigenvalue weighted by Crippen LogP contribution is 2.27. The molecule has 0 fully saturated rings. The maximum atomic E-state index is 11.8. The molecule has 0 aliphatic heterocycles. The number of nitrogens with zero attached hydrogens (tertiary/aromatic N) is 3. The summed E-state index contributed by atoms with van der Waals surface area (Å²) >= 11 is 0. The van der Waals surface area contributed by atoms with E-state index in [0.29, 0.717) is 36.6 Å². The number of hydrogen-bond acceptors (Lipinski definition) is 4. The van der Waals surface area contributed by atoms with Crippen LogP contribution in [0, 0.1) is 0 Å². The van der Waals surface area contributed by atoms with Crippen LogP contribution in [0.3, 0.4) is 0 Å². The molecule has 7 nitrogen and oxygen atoms in total. The third kappa shape index (κ3) is 4.40. The van der Waals surface area contributed by atoms with E-state index < -0.39 is 0 Å². The Labute approximate surface area is 111 Å². The summed E-state index contributed by atoms with van der Waals surface area (Å²) in [7, 11) is 3.05. The van der Waals surface area contributed by atoms with Gasteiger partial charge < -0.3 is 14.8 Å². The van der Waals surface area contributed by atoms with Gasteiger partial charge in [-0.3, -0.25) is 4.79 Å². The van der Waals surface area contributed by atoms with E-state index in [1.807, 2.05) is 0 Å². The van der Waals surface area contributed by atoms with E-state index in [0.717, 1.165) is 0 Å². The quantitative estimate of drug-likeness (QED) is 0.353. The van der Waals surface area contributed by atoms with Gasteiger partial charge in [-0.15, -0.1) is 0 Å². The molecule has 0 radical (unpaired) electrons. The smallest absolute Gasteiger partial charge is 0.251 e. The first-order chi connectivity index (χ1) is 9.22. The highest BCUT2D eigenvalue weighted by Gasteiger charge is 2.09. The van der Waals surface area contributed by atoms with Gasteiger partial charge in [0.25, 0.3) is 5.91 Å². The minimum absolute atomic E-state index is 0.207. The van der Waals surface area contributed by atoms with Crippen LogP contribution >= 0.6 is 0 Å². The number of azide groups is 1. The Hall–Kier alpha value is -2.40. The van der Waals surface area contributed by atoms with Crippen molar-refractivity contribution in [2.45, 2.75) is 6.42 Å². The molecule has 0 spiro atoms. The van der Waals surface area contributed by atoms with Gasteiger partial charge in [-0.25, -0.2) is 0 Å². The molecule has 1 amide bonds. The first-order valence-corrected chi connectivity index (χ1v) is 5.74. The number of nitrogens with one attached hydrogen (secondary N) is 1. The van der Waals surface area contributed by atoms with Crippen LogP contribution in [-0.2, 0) is 0 Å². The normalized spacial score (nSPS) is 9.37. The van der Waals surface area contributed by atoms with Gasteiger partial charge in [0.2, 0.25) is 0 Å². The van der Waals surface area contributed by atoms with Gasteiger partial charge in [-0.05, 0) is 30.2 Å². The number of amides is 1. The molecule has 1 rings (SSSR count). The molecule has 0 unspecified atom stereocenters. The zero-order valence-electron chi connectivity index (χ0n) is 10.9. The monoisotopic (exact) mass is 264 g/mol. The lowest BCUT2D eigenvalue weighted by atomic mass is 10.2. The Balaban J connectivity index is 2.59. The van der Waals surface area contributed by atoms with Crippen molar-refractivity contribution in [3.05, 3.63) is 34.2 Å². The van der Waals surface area contributed by atoms with Crippen molar-refractivity contribution in [1.29, 1.82) is 0 Å². The SMILES string of the molecule is COc1ccc(C(=O)NCCCN=[N+]=[N-])cc1OC. The standard InChI is InChI=1S/C12H16N4O3/c1-18-10-5-4-9(8-11(10)19-2)12(17)14-6-3-7-15-16-13/h4-5,8H,3,6-7H2,1-2H3,(H,14,17). The van der Waals surface area contributed by atoms with Crippen LogP contribution in [0.5, 0.6) is 11.5 Å². The molecule has 0 saturated carbocycles. The molecule has 0 atom stereocenters. The molecule has 0 heterocycles. The molecular weight excluding hydrogens is 248 g/mol. The number of carbonyl (C=O) groups is 1. The predicted molar refractivity (Wildman–Crippen MR) is 70.5 cm³/mol. The van der Waals surface area contributed by atoms with Crippen LogP contribution in [-0.4, -0.2) is 33.2 Å². The Morgan fingerprint density at radius 3 is 2.74 bits per heavy atom. The van der Waals surface area contributed by atoms with Gasteiger partial charge in [-0.2, -0.15) is 0 Å². The fraction of sp³-hybridized carbons (Fsp3) is 0.417. The van der Waals surface area contributed by atoms with Gasteiger partial charge in [0.05, 0.1) is 14.2 Å². The number of ether oxygens (including phenoxy) is 2. The van der Waals surface area contributed by atoms with Crippen LogP contribution in [0.1, 0.15) is 16.8 Å². The van der Waals surface area contributed by atoms with Gasteiger partial charge in [0.15, 0.2) is 11.5 Å². The highest BCUT2D eigenvalue weighted by atomic mass is 16.5. The van der Waals surface area contributed by atoms with Crippen molar-refractivity contribution in [2.24, 2.45) is 5.11 Å². The maximum Gasteiger partial charge on any atom is 0.251 e. The second-order valence-electron chi connectivity index (χ2n) is 3.63. The molecule has 102 valence electrons. The van der Waals surface area contributed by atoms with Crippen molar-refractivity contribution in [3.63, 3.8) is 0 Å². The third-order valence-corrected chi connectivity index (χ3v) is 2.43. The molecule has 0 aromatic heterocycles. The van der Waals surface area contributed by atoms with E-state index in [4.69, 9.17) is 15.0 Å². The number of rotatable bonds is 7. The Bertz CT molecular complexity index is 484. The van der Waals surface area contributed by atoms with Crippen molar-refractivity contribution in [3.8, 4) is 11.5 Å². The van der Waals surface area contributed by atoms with E-state index in [9.17, 15) is 4.79 Å². The molecule has 1 aromatic rings. The second kappa shape index (κ2) is 7.84. The Morgan fingerprint density at radius 2 is 2.11 bits per heavy atom. The molecule has 1 aromatic carbocycles. The number of hydrogen-bond donors (Lipinski definition) is 1. The molecule has 7 heteroatoms. The minimum atomic E-state index is -0.207. The van der Waals surface area contributed by atoms with Crippen LogP contribution in [0.25, 0.3) is 10.4 Å². The highest BCUT2D eigenvalue weighted by molar-refractivity contribution is 5.94. The molecule has 0 aliphatic rings. The van der Waals surface area contributed by atoms with Crippen LogP contribution < -0.4 is 14.8 Å². The zero-order chi connectivity index (χ0) is 14.1. The molecular formula is C12H16N4O3. The summed E-state index contributed by atoms with van der Waals surface area (Å²) < 4.78 is 10.2. The summed E-state index contributed by atoms with van der Waals surface area (Å²) in [5, 5.41) is 6.11. The van der Waals surface area contributed by atoms with E-state index in [1.54, 1.807) is 18.2 Å². The van der Waals surface area contributed by atoms with Crippen molar-refractivity contribution >= 4 is 5.91 Å². The third-order valence-electron chi connectivity index (χ3n) is 2.43. The molecule has 0 saturated heterocycles. The molecule has 1 N–H and O–H groups in total. The maximum absolute atomic E-state index is 11.8. The summed E-state index contributed by atoms with van der Waals surface area (Å²) in [5.74, 6) is 0.869. The average Bonchev–Trinajstić information content (AvgIpc) is 2.46. The van der Waals surface area contributed by atoms with Crippen molar-refractivity contribution < 1.29 is 14.3 Å². The fourth-order valence-corrected chi connectivity index (χ4v) is 1.48. The van der Waals surface area contributed by atoms with Crippen LogP contribution in [0.2, 0.25) is 0 Å². The van der Waals surface area contributed by atoms with Gasteiger partial charge in [0, 0.05) is 23.6 Å². The lowest BCUT2D eigenvalue weighted by Crippen LogP contribution is -2.24. The van der Waals surface area contributed by atoms with Crippen molar-refractivity contribution in [2.75, 3.05) is 27.3 Å². The lowest BCUT2D eigenvalue weighted by molar-refractivity contribution is 0.0953. The Kier molecular flexibility index (Phi) is 6.05. The summed E-state index contributed by atoms with van der Waals surface area (Å²) in [4.78, 5) is 14.5. The largest absolute Gasteiger partial charge is 0.493 e. The van der Waals surface area contributed by atoms with E-state index >= 15 is 0 Å². The number of methoxy groups -OCH3 is 2. The van der Waals surface area contributed by atoms with Crippen molar-refractivity contribution in [1.82, 2.24) is 5.32 Å². The van der Waals surface area contributed by atoms with Gasteiger partial charge in [-0.1, -0.05) is 5.11 Å². The van der Waals surface area contributed by atoms with Crippen LogP contribution in [0.4, 0.5) is 0 Å². The van der Waals surface area contributed by atoms with Gasteiger partial charge in [0.1, 0.15) is 0 Å². The van der Waals surface area contributed by atoms with Gasteiger partial charge >= 0.3 is 0 Å². The topological polar surface area (TPSA) is 96.3 Å². The fourth-order valence-electron chi connectivity index (χ4n) is 1.48. The number of benzene rings is 1. The first-order valence-electron chi connectivity index (χ1n) is 5.74. The Morgan fingerprint density at radius 1 is 1.37 bits per heavy atom. The lowest BCUT2D eigenvalue weighted by Gasteiger charge is -2.09. The number of carbonyl (C=O) groups excluding carboxylic acids is 1. The zero-order valence-corrected chi connectivity index (χ0v) is 10.9. The van der Waals surface area contributed by atoms with Crippen LogP contribution in [0.15, 0.2) is 23.3 Å². The second-order valence-corrected chi connectivity index (χ2v) is 3.63. The van der Waals surface area contributed by atoms with E-state index in [1.165, 1.54) is 14.2 Å². The molecule has 0 bridgehead atoms. The predicted octanol–water partition coefficient (Wildman–Crippen LogP) is 2.13. The summed E-state index contributed by atoms with van der Waals surface area (Å²) in [6.07, 6.45) is 0.600. The minimum Gasteiger partial charge on any atom is -0.493 e. The first kappa shape index (κ1) is 14.7. The van der Waals surface area contributed by atoms with E-state index in [2.05, 4.69) is 15.3 Å². The molecule has 19 heavy (non-hydrogen) atoms. The molecule has 0 aliphatic carbocycles. The summed E-state index contributed by atoms with van der Waals surface area (Å²) in [6.45, 7) is 0.814. The summed E-state index contributed by atoms with van der Waals surface area (Å²) in [6, 6.07) is 4.94. The summed E-state index contributed by atoms with van der Waals surface area (Å²) in [5.41, 5.74) is 8.59. The van der Waals surface area contributed by atoms with E-state index in [-0.39, 0.29) is 5.91 Å².